The van der Waals surface area contributed by atoms with Gasteiger partial charge in [-0.25, -0.2) is 13.2 Å². The fraction of sp³-hybridized carbons (Fsp3) is 0.0769. The number of hydrogen-bond donors (Lipinski definition) is 2. The van der Waals surface area contributed by atoms with Crippen molar-refractivity contribution in [3.05, 3.63) is 57.5 Å². The van der Waals surface area contributed by atoms with Crippen LogP contribution in [0, 0.1) is 0 Å². The lowest BCUT2D eigenvalue weighted by atomic mass is 10.2. The van der Waals surface area contributed by atoms with Crippen molar-refractivity contribution in [2.45, 2.75) is 4.90 Å². The van der Waals surface area contributed by atoms with Crippen LogP contribution in [0.1, 0.15) is 10.4 Å². The van der Waals surface area contributed by atoms with Gasteiger partial charge in [0.25, 0.3) is 10.0 Å². The van der Waals surface area contributed by atoms with Crippen LogP contribution in [-0.2, 0) is 17.1 Å². The van der Waals surface area contributed by atoms with Crippen LogP contribution in [0.15, 0.2) is 46.2 Å². The van der Waals surface area contributed by atoms with Crippen LogP contribution < -0.4 is 10.3 Å². The molecule has 1 heterocycles. The van der Waals surface area contributed by atoms with Gasteiger partial charge in [-0.15, -0.1) is 0 Å². The Morgan fingerprint density at radius 3 is 2.55 bits per heavy atom. The fourth-order valence-electron chi connectivity index (χ4n) is 1.70. The second kappa shape index (κ2) is 5.82. The number of anilines is 1. The highest BCUT2D eigenvalue weighted by molar-refractivity contribution is 7.92. The molecule has 0 amide bonds. The van der Waals surface area contributed by atoms with Crippen molar-refractivity contribution < 1.29 is 18.3 Å². The number of rotatable bonds is 4. The number of aromatic nitrogens is 1. The summed E-state index contributed by atoms with van der Waals surface area (Å²) in [7, 11) is -2.53. The molecule has 0 spiro atoms. The first-order chi connectivity index (χ1) is 10.2. The van der Waals surface area contributed by atoms with Crippen LogP contribution in [0.5, 0.6) is 0 Å². The molecule has 0 unspecified atom stereocenters. The molecule has 0 aliphatic heterocycles. The predicted octanol–water partition coefficient (Wildman–Crippen LogP) is 1.54. The minimum Gasteiger partial charge on any atom is -0.478 e. The lowest BCUT2D eigenvalue weighted by Crippen LogP contribution is -2.18. The van der Waals surface area contributed by atoms with E-state index in [1.165, 1.54) is 42.1 Å². The van der Waals surface area contributed by atoms with E-state index in [0.717, 1.165) is 6.07 Å². The Hall–Kier alpha value is -2.32. The number of aryl methyl sites for hydroxylation is 1. The maximum atomic E-state index is 12.2. The summed E-state index contributed by atoms with van der Waals surface area (Å²) in [5.41, 5.74) is -0.429. The van der Waals surface area contributed by atoms with Gasteiger partial charge in [-0.3, -0.25) is 9.52 Å². The topological polar surface area (TPSA) is 105 Å². The fourth-order valence-corrected chi connectivity index (χ4v) is 2.97. The largest absolute Gasteiger partial charge is 0.478 e. The molecule has 9 heteroatoms. The van der Waals surface area contributed by atoms with Gasteiger partial charge in [0, 0.05) is 19.3 Å². The molecule has 0 radical (unpaired) electrons. The van der Waals surface area contributed by atoms with Gasteiger partial charge in [-0.05, 0) is 24.3 Å². The van der Waals surface area contributed by atoms with Gasteiger partial charge in [0.1, 0.15) is 0 Å². The Kier molecular flexibility index (Phi) is 4.25. The second-order valence-electron chi connectivity index (χ2n) is 4.42. The van der Waals surface area contributed by atoms with E-state index in [1.807, 2.05) is 0 Å². The highest BCUT2D eigenvalue weighted by atomic mass is 35.5. The third-order valence-electron chi connectivity index (χ3n) is 2.82. The van der Waals surface area contributed by atoms with Crippen LogP contribution in [0.25, 0.3) is 0 Å². The zero-order valence-electron chi connectivity index (χ0n) is 11.3. The zero-order valence-corrected chi connectivity index (χ0v) is 12.9. The number of carboxylic acid groups (broad SMARTS) is 1. The van der Waals surface area contributed by atoms with Gasteiger partial charge in [-0.2, -0.15) is 0 Å². The van der Waals surface area contributed by atoms with Crippen molar-refractivity contribution in [3.63, 3.8) is 0 Å². The van der Waals surface area contributed by atoms with E-state index in [9.17, 15) is 18.0 Å². The lowest BCUT2D eigenvalue weighted by molar-refractivity contribution is 0.0697. The number of aromatic carboxylic acids is 1. The number of pyridine rings is 1. The summed E-state index contributed by atoms with van der Waals surface area (Å²) in [6.45, 7) is 0. The van der Waals surface area contributed by atoms with Gasteiger partial charge < -0.3 is 9.67 Å². The summed E-state index contributed by atoms with van der Waals surface area (Å²) in [4.78, 5) is 22.0. The molecule has 2 N–H and O–H groups in total. The third kappa shape index (κ3) is 3.29. The molecule has 0 aliphatic rings. The summed E-state index contributed by atoms with van der Waals surface area (Å²) in [5, 5.41) is 8.91. The standard InChI is InChI=1S/C13H11ClN2O5S/c1-16-7-8(2-5-12(16)17)15-22(20,21)9-3-4-11(14)10(6-9)13(18)19/h2-7,15H,1H3,(H,18,19). The maximum Gasteiger partial charge on any atom is 0.337 e. The smallest absolute Gasteiger partial charge is 0.337 e. The van der Waals surface area contributed by atoms with E-state index >= 15 is 0 Å². The van der Waals surface area contributed by atoms with Crippen LogP contribution in [-0.4, -0.2) is 24.1 Å². The molecule has 22 heavy (non-hydrogen) atoms. The minimum atomic E-state index is -4.00. The maximum absolute atomic E-state index is 12.2. The van der Waals surface area contributed by atoms with Crippen molar-refractivity contribution in [2.75, 3.05) is 4.72 Å². The van der Waals surface area contributed by atoms with Gasteiger partial charge in [-0.1, -0.05) is 11.6 Å². The number of nitrogens with one attached hydrogen (secondary N) is 1. The van der Waals surface area contributed by atoms with Gasteiger partial charge in [0.2, 0.25) is 5.56 Å². The molecule has 0 fully saturated rings. The number of carboxylic acids is 1. The van der Waals surface area contributed by atoms with Gasteiger partial charge in [0.05, 0.1) is 21.2 Å². The Morgan fingerprint density at radius 2 is 1.95 bits per heavy atom. The van der Waals surface area contributed by atoms with Gasteiger partial charge >= 0.3 is 5.97 Å². The van der Waals surface area contributed by atoms with E-state index in [0.29, 0.717) is 0 Å². The van der Waals surface area contributed by atoms with Gasteiger partial charge in [0.15, 0.2) is 0 Å². The number of carbonyl (C=O) groups is 1. The number of halogens is 1. The predicted molar refractivity (Wildman–Crippen MR) is 80.9 cm³/mol. The van der Waals surface area contributed by atoms with E-state index in [4.69, 9.17) is 16.7 Å². The number of benzene rings is 1. The lowest BCUT2D eigenvalue weighted by Gasteiger charge is -2.10. The molecule has 2 rings (SSSR count). The molecule has 0 aliphatic carbocycles. The van der Waals surface area contributed by atoms with Crippen LogP contribution in [0.3, 0.4) is 0 Å². The molecule has 1 aromatic carbocycles. The summed E-state index contributed by atoms with van der Waals surface area (Å²) in [5.74, 6) is -1.33. The second-order valence-corrected chi connectivity index (χ2v) is 6.51. The third-order valence-corrected chi connectivity index (χ3v) is 4.53. The van der Waals surface area contributed by atoms with E-state index in [2.05, 4.69) is 4.72 Å². The highest BCUT2D eigenvalue weighted by Gasteiger charge is 2.18. The highest BCUT2D eigenvalue weighted by Crippen LogP contribution is 2.22. The molecule has 2 aromatic rings. The molecule has 0 saturated carbocycles. The molecule has 0 saturated heterocycles. The summed E-state index contributed by atoms with van der Waals surface area (Å²) in [6, 6.07) is 5.88. The quantitative estimate of drug-likeness (QED) is 0.876. The average molecular weight is 343 g/mol. The number of sulfonamides is 1. The first kappa shape index (κ1) is 16.1. The monoisotopic (exact) mass is 342 g/mol. The van der Waals surface area contributed by atoms with E-state index in [-0.39, 0.29) is 26.7 Å². The van der Waals surface area contributed by atoms with Crippen LogP contribution in [0.2, 0.25) is 5.02 Å². The molecule has 0 bridgehead atoms. The molecular formula is C13H11ClN2O5S. The first-order valence-corrected chi connectivity index (χ1v) is 7.79. The van der Waals surface area contributed by atoms with Crippen molar-refractivity contribution in [1.82, 2.24) is 4.57 Å². The van der Waals surface area contributed by atoms with Crippen molar-refractivity contribution in [1.29, 1.82) is 0 Å². The molecule has 1 aromatic heterocycles. The van der Waals surface area contributed by atoms with Crippen LogP contribution >= 0.6 is 11.6 Å². The van der Waals surface area contributed by atoms with Crippen molar-refractivity contribution >= 4 is 33.3 Å². The Morgan fingerprint density at radius 1 is 1.27 bits per heavy atom. The normalized spacial score (nSPS) is 11.2. The molecule has 0 atom stereocenters. The summed E-state index contributed by atoms with van der Waals surface area (Å²) < 4.78 is 28.0. The molecule has 116 valence electrons. The average Bonchev–Trinajstić information content (AvgIpc) is 2.42. The Labute approximate surface area is 130 Å². The van der Waals surface area contributed by atoms with Crippen LogP contribution in [0.4, 0.5) is 5.69 Å². The Bertz CT molecular complexity index is 905. The number of nitrogens with zero attached hydrogens (tertiary/aromatic N) is 1. The minimum absolute atomic E-state index is 0.0615. The zero-order chi connectivity index (χ0) is 16.5. The number of hydrogen-bond acceptors (Lipinski definition) is 4. The van der Waals surface area contributed by atoms with E-state index < -0.39 is 16.0 Å². The molecule has 7 nitrogen and oxygen atoms in total. The first-order valence-electron chi connectivity index (χ1n) is 5.93. The van der Waals surface area contributed by atoms with Crippen molar-refractivity contribution in [3.8, 4) is 0 Å². The summed E-state index contributed by atoms with van der Waals surface area (Å²) >= 11 is 5.71. The summed E-state index contributed by atoms with van der Waals surface area (Å²) in [6.07, 6.45) is 1.31. The Balaban J connectivity index is 2.42. The molecular weight excluding hydrogens is 332 g/mol. The SMILES string of the molecule is Cn1cc(NS(=O)(=O)c2ccc(Cl)c(C(=O)O)c2)ccc1=O. The van der Waals surface area contributed by atoms with Crippen molar-refractivity contribution in [2.24, 2.45) is 7.05 Å². The van der Waals surface area contributed by atoms with E-state index in [1.54, 1.807) is 0 Å².